The van der Waals surface area contributed by atoms with E-state index >= 15 is 0 Å². The lowest BCUT2D eigenvalue weighted by atomic mass is 9.90. The third kappa shape index (κ3) is 2.01. The van der Waals surface area contributed by atoms with Gasteiger partial charge in [-0.2, -0.15) is 0 Å². The van der Waals surface area contributed by atoms with Crippen molar-refractivity contribution in [3.05, 3.63) is 11.6 Å². The van der Waals surface area contributed by atoms with E-state index in [0.717, 1.165) is 4.90 Å². The summed E-state index contributed by atoms with van der Waals surface area (Å²) in [5, 5.41) is 0. The lowest BCUT2D eigenvalue weighted by Crippen LogP contribution is -2.43. The van der Waals surface area contributed by atoms with E-state index in [1.165, 1.54) is 13.1 Å². The van der Waals surface area contributed by atoms with Crippen molar-refractivity contribution in [2.75, 3.05) is 33.5 Å². The highest BCUT2D eigenvalue weighted by molar-refractivity contribution is 6.16. The van der Waals surface area contributed by atoms with E-state index in [9.17, 15) is 9.59 Å². The Labute approximate surface area is 94.0 Å². The predicted molar refractivity (Wildman–Crippen MR) is 55.6 cm³/mol. The van der Waals surface area contributed by atoms with Crippen molar-refractivity contribution in [3.63, 3.8) is 0 Å². The Morgan fingerprint density at radius 2 is 2.19 bits per heavy atom. The fourth-order valence-corrected chi connectivity index (χ4v) is 1.67. The highest BCUT2D eigenvalue weighted by Crippen LogP contribution is 2.26. The van der Waals surface area contributed by atoms with Gasteiger partial charge in [0.05, 0.1) is 26.4 Å². The third-order valence-corrected chi connectivity index (χ3v) is 2.82. The third-order valence-electron chi connectivity index (χ3n) is 2.82. The number of hydrogen-bond donors (Lipinski definition) is 0. The minimum atomic E-state index is -0.276. The van der Waals surface area contributed by atoms with Crippen LogP contribution in [-0.2, 0) is 19.1 Å². The molecule has 0 spiro atoms. The molecule has 1 fully saturated rings. The van der Waals surface area contributed by atoms with Gasteiger partial charge >= 0.3 is 0 Å². The van der Waals surface area contributed by atoms with Crippen LogP contribution in [0.25, 0.3) is 0 Å². The molecule has 5 nitrogen and oxygen atoms in total. The molecule has 0 aliphatic carbocycles. The van der Waals surface area contributed by atoms with Crippen LogP contribution in [0.2, 0.25) is 0 Å². The van der Waals surface area contributed by atoms with Crippen molar-refractivity contribution in [2.45, 2.75) is 6.92 Å². The maximum Gasteiger partial charge on any atom is 0.258 e. The Bertz CT molecular complexity index is 357. The number of carbonyl (C=O) groups is 2. The summed E-state index contributed by atoms with van der Waals surface area (Å²) in [6.45, 7) is 4.20. The van der Waals surface area contributed by atoms with E-state index < -0.39 is 0 Å². The van der Waals surface area contributed by atoms with Gasteiger partial charge in [-0.25, -0.2) is 0 Å². The average molecular weight is 225 g/mol. The number of carbonyl (C=O) groups excluding carboxylic acids is 2. The minimum Gasteiger partial charge on any atom is -0.380 e. The molecule has 2 amide bonds. The number of ether oxygens (including phenoxy) is 2. The van der Waals surface area contributed by atoms with E-state index in [1.807, 2.05) is 0 Å². The summed E-state index contributed by atoms with van der Waals surface area (Å²) in [7, 11) is 1.47. The van der Waals surface area contributed by atoms with Gasteiger partial charge in [-0.15, -0.1) is 0 Å². The van der Waals surface area contributed by atoms with Gasteiger partial charge in [0.15, 0.2) is 0 Å². The Kier molecular flexibility index (Phi) is 2.82. The van der Waals surface area contributed by atoms with Gasteiger partial charge < -0.3 is 9.47 Å². The van der Waals surface area contributed by atoms with Gasteiger partial charge in [0.2, 0.25) is 0 Å². The average Bonchev–Trinajstić information content (AvgIpc) is 2.44. The summed E-state index contributed by atoms with van der Waals surface area (Å²) in [4.78, 5) is 23.8. The van der Waals surface area contributed by atoms with Crippen molar-refractivity contribution in [3.8, 4) is 0 Å². The second-order valence-electron chi connectivity index (χ2n) is 4.67. The van der Waals surface area contributed by atoms with Crippen molar-refractivity contribution >= 4 is 11.8 Å². The fraction of sp³-hybridized carbons (Fsp3) is 0.636. The highest BCUT2D eigenvalue weighted by atomic mass is 16.5. The van der Waals surface area contributed by atoms with Crippen LogP contribution in [-0.4, -0.2) is 50.2 Å². The minimum absolute atomic E-state index is 0.0676. The summed E-state index contributed by atoms with van der Waals surface area (Å²) in [6.07, 6.45) is 1.34. The molecule has 0 atom stereocenters. The quantitative estimate of drug-likeness (QED) is 0.630. The number of nitrogens with zero attached hydrogens (tertiary/aromatic N) is 1. The zero-order valence-electron chi connectivity index (χ0n) is 9.49. The standard InChI is InChI=1S/C11H15NO4/c1-11(6-16-7-11)5-15-4-8-3-9(13)12(2)10(8)14/h3H,4-7H2,1-2H3. The van der Waals surface area contributed by atoms with E-state index in [2.05, 4.69) is 6.92 Å². The summed E-state index contributed by atoms with van der Waals surface area (Å²) in [5.74, 6) is -0.540. The van der Waals surface area contributed by atoms with Crippen LogP contribution < -0.4 is 0 Å². The molecule has 0 aromatic carbocycles. The first-order chi connectivity index (χ1) is 7.52. The molecule has 0 radical (unpaired) electrons. The SMILES string of the molecule is CN1C(=O)C=C(COCC2(C)COC2)C1=O. The number of imide groups is 1. The van der Waals surface area contributed by atoms with E-state index in [1.54, 1.807) is 0 Å². The zero-order chi connectivity index (χ0) is 11.8. The number of rotatable bonds is 4. The highest BCUT2D eigenvalue weighted by Gasteiger charge is 2.34. The molecule has 2 rings (SSSR count). The normalized spacial score (nSPS) is 23.4. The van der Waals surface area contributed by atoms with Gasteiger partial charge in [0, 0.05) is 24.1 Å². The monoisotopic (exact) mass is 225 g/mol. The van der Waals surface area contributed by atoms with Gasteiger partial charge in [0.25, 0.3) is 11.8 Å². The molecule has 16 heavy (non-hydrogen) atoms. The first-order valence-corrected chi connectivity index (χ1v) is 5.20. The molecule has 2 aliphatic rings. The molecule has 88 valence electrons. The molecule has 2 aliphatic heterocycles. The molecule has 0 unspecified atom stereocenters. The maximum atomic E-state index is 11.5. The molecule has 0 aromatic heterocycles. The first kappa shape index (κ1) is 11.3. The Morgan fingerprint density at radius 1 is 1.50 bits per heavy atom. The number of hydrogen-bond acceptors (Lipinski definition) is 4. The second-order valence-corrected chi connectivity index (χ2v) is 4.67. The van der Waals surface area contributed by atoms with Gasteiger partial charge in [-0.1, -0.05) is 6.92 Å². The Hall–Kier alpha value is -1.20. The van der Waals surface area contributed by atoms with Crippen LogP contribution in [0.4, 0.5) is 0 Å². The summed E-state index contributed by atoms with van der Waals surface area (Å²) >= 11 is 0. The number of likely N-dealkylation sites (N-methyl/N-ethyl adjacent to an activating group) is 1. The largest absolute Gasteiger partial charge is 0.380 e. The summed E-state index contributed by atoms with van der Waals surface area (Å²) < 4.78 is 10.5. The van der Waals surface area contributed by atoms with Crippen LogP contribution in [0.3, 0.4) is 0 Å². The van der Waals surface area contributed by atoms with Crippen molar-refractivity contribution in [1.82, 2.24) is 4.90 Å². The van der Waals surface area contributed by atoms with Gasteiger partial charge in [-0.3, -0.25) is 14.5 Å². The fourth-order valence-electron chi connectivity index (χ4n) is 1.67. The van der Waals surface area contributed by atoms with E-state index in [0.29, 0.717) is 25.4 Å². The number of amides is 2. The molecule has 1 saturated heterocycles. The van der Waals surface area contributed by atoms with Crippen molar-refractivity contribution in [2.24, 2.45) is 5.41 Å². The van der Waals surface area contributed by atoms with Crippen LogP contribution in [0.1, 0.15) is 6.92 Å². The second kappa shape index (κ2) is 3.99. The topological polar surface area (TPSA) is 55.8 Å². The molecule has 5 heteroatoms. The zero-order valence-corrected chi connectivity index (χ0v) is 9.49. The Morgan fingerprint density at radius 3 is 2.62 bits per heavy atom. The lowest BCUT2D eigenvalue weighted by molar-refractivity contribution is -0.139. The molecule has 0 saturated carbocycles. The van der Waals surface area contributed by atoms with E-state index in [4.69, 9.17) is 9.47 Å². The van der Waals surface area contributed by atoms with Crippen molar-refractivity contribution in [1.29, 1.82) is 0 Å². The van der Waals surface area contributed by atoms with Crippen LogP contribution in [0.5, 0.6) is 0 Å². The molecule has 2 heterocycles. The molecule has 0 N–H and O–H groups in total. The van der Waals surface area contributed by atoms with Crippen LogP contribution in [0, 0.1) is 5.41 Å². The van der Waals surface area contributed by atoms with E-state index in [-0.39, 0.29) is 23.8 Å². The molecule has 0 aromatic rings. The van der Waals surface area contributed by atoms with Gasteiger partial charge in [-0.05, 0) is 0 Å². The van der Waals surface area contributed by atoms with Crippen molar-refractivity contribution < 1.29 is 19.1 Å². The summed E-state index contributed by atoms with van der Waals surface area (Å²) in [6, 6.07) is 0. The molecular weight excluding hydrogens is 210 g/mol. The summed E-state index contributed by atoms with van der Waals surface area (Å²) in [5.41, 5.74) is 0.495. The Balaban J connectivity index is 1.80. The molecular formula is C11H15NO4. The molecule has 0 bridgehead atoms. The van der Waals surface area contributed by atoms with Crippen LogP contribution >= 0.6 is 0 Å². The predicted octanol–water partition coefficient (Wildman–Crippen LogP) is -0.0355. The smallest absolute Gasteiger partial charge is 0.258 e. The lowest BCUT2D eigenvalue weighted by Gasteiger charge is -2.37. The maximum absolute atomic E-state index is 11.5. The van der Waals surface area contributed by atoms with Crippen LogP contribution in [0.15, 0.2) is 11.6 Å². The first-order valence-electron chi connectivity index (χ1n) is 5.20. The van der Waals surface area contributed by atoms with Gasteiger partial charge in [0.1, 0.15) is 0 Å².